The van der Waals surface area contributed by atoms with E-state index in [-0.39, 0.29) is 17.7 Å². The van der Waals surface area contributed by atoms with Crippen LogP contribution in [0.1, 0.15) is 20.3 Å². The number of amidine groups is 1. The summed E-state index contributed by atoms with van der Waals surface area (Å²) >= 11 is 0. The molecule has 1 atom stereocenters. The molecule has 1 saturated heterocycles. The Morgan fingerprint density at radius 2 is 2.14 bits per heavy atom. The van der Waals surface area contributed by atoms with Gasteiger partial charge in [-0.2, -0.15) is 0 Å². The number of likely N-dealkylation sites (tertiary alicyclic amines) is 1. The van der Waals surface area contributed by atoms with E-state index in [0.29, 0.717) is 18.2 Å². The largest absolute Gasteiger partial charge is 0.384 e. The smallest absolute Gasteiger partial charge is 0.222 e. The van der Waals surface area contributed by atoms with Crippen molar-refractivity contribution in [3.63, 3.8) is 0 Å². The second-order valence-corrected chi connectivity index (χ2v) is 7.34. The molecule has 3 rings (SSSR count). The van der Waals surface area contributed by atoms with Crippen molar-refractivity contribution in [2.45, 2.75) is 20.3 Å². The van der Waals surface area contributed by atoms with E-state index >= 15 is 0 Å². The number of primary amides is 1. The summed E-state index contributed by atoms with van der Waals surface area (Å²) in [6.45, 7) is 5.44. The van der Waals surface area contributed by atoms with Gasteiger partial charge in [0, 0.05) is 25.5 Å². The van der Waals surface area contributed by atoms with E-state index in [1.54, 1.807) is 6.08 Å². The van der Waals surface area contributed by atoms with E-state index < -0.39 is 0 Å². The molecule has 1 amide bonds. The maximum absolute atomic E-state index is 11.4. The Kier molecular flexibility index (Phi) is 5.67. The standard InChI is InChI=1S/C20H27N7O/c1-12(2)14(9-21)7-18(22)26-19-4-3-16-17(25-19)8-15(10-24-16)27-6-5-13(11-27)20(23)28/h3-4,7-10,12-13,21,24-25H,5-6,11H2,1-2H3,(H2,22,26)(H2,23,28). The molecule has 28 heavy (non-hydrogen) atoms. The van der Waals surface area contributed by atoms with Crippen LogP contribution in [0.25, 0.3) is 0 Å². The summed E-state index contributed by atoms with van der Waals surface area (Å²) in [7, 11) is 0. The third-order valence-corrected chi connectivity index (χ3v) is 4.98. The highest BCUT2D eigenvalue weighted by atomic mass is 16.1. The first kappa shape index (κ1) is 19.5. The van der Waals surface area contributed by atoms with Crippen molar-refractivity contribution in [1.29, 1.82) is 5.41 Å². The number of aliphatic imine (C=N–C) groups is 1. The minimum absolute atomic E-state index is 0.105. The topological polar surface area (TPSA) is 133 Å². The Morgan fingerprint density at radius 3 is 2.79 bits per heavy atom. The van der Waals surface area contributed by atoms with Crippen LogP contribution < -0.4 is 22.1 Å². The normalized spacial score (nSPS) is 22.4. The molecule has 3 aliphatic heterocycles. The van der Waals surface area contributed by atoms with Gasteiger partial charge >= 0.3 is 0 Å². The van der Waals surface area contributed by atoms with Crippen molar-refractivity contribution in [2.24, 2.45) is 28.3 Å². The zero-order chi connectivity index (χ0) is 20.3. The van der Waals surface area contributed by atoms with Crippen LogP contribution in [0.4, 0.5) is 0 Å². The van der Waals surface area contributed by atoms with Gasteiger partial charge < -0.3 is 32.4 Å². The van der Waals surface area contributed by atoms with Crippen molar-refractivity contribution >= 4 is 18.0 Å². The average molecular weight is 381 g/mol. The van der Waals surface area contributed by atoms with E-state index in [1.807, 2.05) is 38.3 Å². The number of amides is 1. The lowest BCUT2D eigenvalue weighted by Gasteiger charge is -2.27. The van der Waals surface area contributed by atoms with Gasteiger partial charge in [-0.1, -0.05) is 13.8 Å². The van der Waals surface area contributed by atoms with E-state index in [0.717, 1.165) is 35.6 Å². The molecule has 8 nitrogen and oxygen atoms in total. The summed E-state index contributed by atoms with van der Waals surface area (Å²) in [4.78, 5) is 18.0. The SMILES string of the molecule is CC(C)C(C=N)=CC(N)=NC1=CC=C2NC=C(N3CCC(C(N)=O)C3)C=C2N1. The van der Waals surface area contributed by atoms with Crippen LogP contribution in [0.2, 0.25) is 0 Å². The molecule has 0 spiro atoms. The van der Waals surface area contributed by atoms with Gasteiger partial charge in [0.1, 0.15) is 11.7 Å². The van der Waals surface area contributed by atoms with Crippen LogP contribution in [0.3, 0.4) is 0 Å². The van der Waals surface area contributed by atoms with E-state index in [9.17, 15) is 4.79 Å². The number of rotatable bonds is 6. The molecule has 1 unspecified atom stereocenters. The van der Waals surface area contributed by atoms with Gasteiger partial charge in [-0.3, -0.25) is 4.79 Å². The molecule has 3 heterocycles. The fraction of sp³-hybridized carbons (Fsp3) is 0.350. The monoisotopic (exact) mass is 381 g/mol. The first-order valence-electron chi connectivity index (χ1n) is 9.35. The van der Waals surface area contributed by atoms with Crippen molar-refractivity contribution in [1.82, 2.24) is 15.5 Å². The van der Waals surface area contributed by atoms with Gasteiger partial charge in [0.05, 0.1) is 23.0 Å². The molecule has 3 aliphatic rings. The van der Waals surface area contributed by atoms with Gasteiger partial charge in [0.25, 0.3) is 0 Å². The molecule has 7 N–H and O–H groups in total. The number of hydrogen-bond donors (Lipinski definition) is 5. The summed E-state index contributed by atoms with van der Waals surface area (Å²) in [6.07, 6.45) is 11.5. The van der Waals surface area contributed by atoms with Crippen molar-refractivity contribution in [2.75, 3.05) is 13.1 Å². The number of carbonyl (C=O) groups is 1. The number of carbonyl (C=O) groups excluding carboxylic acids is 1. The second-order valence-electron chi connectivity index (χ2n) is 7.34. The Hall–Kier alpha value is -3.29. The Bertz CT molecular complexity index is 858. The van der Waals surface area contributed by atoms with Gasteiger partial charge in [0.15, 0.2) is 0 Å². The molecule has 0 aromatic heterocycles. The predicted molar refractivity (Wildman–Crippen MR) is 111 cm³/mol. The van der Waals surface area contributed by atoms with Gasteiger partial charge in [0.2, 0.25) is 5.91 Å². The zero-order valence-corrected chi connectivity index (χ0v) is 16.2. The number of hydrogen-bond acceptors (Lipinski definition) is 6. The Morgan fingerprint density at radius 1 is 1.36 bits per heavy atom. The molecular formula is C20H27N7O. The van der Waals surface area contributed by atoms with Crippen LogP contribution in [0.15, 0.2) is 64.0 Å². The number of dihydropyridines is 2. The molecule has 148 valence electrons. The number of nitrogens with one attached hydrogen (secondary N) is 3. The Labute approximate surface area is 164 Å². The number of nitrogens with zero attached hydrogens (tertiary/aromatic N) is 2. The van der Waals surface area contributed by atoms with E-state index in [1.165, 1.54) is 6.21 Å². The lowest BCUT2D eigenvalue weighted by Crippen LogP contribution is -2.31. The first-order chi connectivity index (χ1) is 13.4. The minimum atomic E-state index is -0.246. The van der Waals surface area contributed by atoms with E-state index in [2.05, 4.69) is 20.5 Å². The molecule has 0 aromatic rings. The maximum Gasteiger partial charge on any atom is 0.222 e. The maximum atomic E-state index is 11.4. The zero-order valence-electron chi connectivity index (χ0n) is 16.2. The summed E-state index contributed by atoms with van der Waals surface area (Å²) < 4.78 is 0. The van der Waals surface area contributed by atoms with Crippen LogP contribution in [0.5, 0.6) is 0 Å². The van der Waals surface area contributed by atoms with Gasteiger partial charge in [-0.05, 0) is 42.2 Å². The summed E-state index contributed by atoms with van der Waals surface area (Å²) in [5.41, 5.74) is 15.1. The van der Waals surface area contributed by atoms with Crippen LogP contribution in [0, 0.1) is 17.2 Å². The molecule has 1 fully saturated rings. The fourth-order valence-corrected chi connectivity index (χ4v) is 3.27. The van der Waals surface area contributed by atoms with Gasteiger partial charge in [-0.25, -0.2) is 4.99 Å². The van der Waals surface area contributed by atoms with Crippen LogP contribution >= 0.6 is 0 Å². The molecule has 0 saturated carbocycles. The lowest BCUT2D eigenvalue weighted by atomic mass is 10.0. The first-order valence-corrected chi connectivity index (χ1v) is 9.35. The third-order valence-electron chi connectivity index (χ3n) is 4.98. The molecular weight excluding hydrogens is 354 g/mol. The van der Waals surface area contributed by atoms with Crippen molar-refractivity contribution in [3.05, 3.63) is 59.0 Å². The second kappa shape index (κ2) is 8.16. The average Bonchev–Trinajstić information content (AvgIpc) is 3.16. The molecule has 0 aromatic carbocycles. The summed E-state index contributed by atoms with van der Waals surface area (Å²) in [6, 6.07) is 0. The number of fused-ring (bicyclic) bond motifs is 1. The molecule has 0 aliphatic carbocycles. The Balaban J connectivity index is 1.73. The van der Waals surface area contributed by atoms with Crippen LogP contribution in [-0.4, -0.2) is 35.9 Å². The third kappa shape index (κ3) is 4.33. The fourth-order valence-electron chi connectivity index (χ4n) is 3.27. The van der Waals surface area contributed by atoms with Crippen LogP contribution in [-0.2, 0) is 4.79 Å². The van der Waals surface area contributed by atoms with Crippen molar-refractivity contribution in [3.8, 4) is 0 Å². The number of nitrogens with two attached hydrogens (primary N) is 2. The highest BCUT2D eigenvalue weighted by Gasteiger charge is 2.28. The number of allylic oxidation sites excluding steroid dienone is 4. The molecule has 0 bridgehead atoms. The summed E-state index contributed by atoms with van der Waals surface area (Å²) in [5.74, 6) is 0.813. The summed E-state index contributed by atoms with van der Waals surface area (Å²) in [5, 5.41) is 14.0. The quantitative estimate of drug-likeness (QED) is 0.346. The van der Waals surface area contributed by atoms with Crippen molar-refractivity contribution < 1.29 is 4.79 Å². The molecule has 0 radical (unpaired) electrons. The lowest BCUT2D eigenvalue weighted by molar-refractivity contribution is -0.121. The minimum Gasteiger partial charge on any atom is -0.384 e. The van der Waals surface area contributed by atoms with Gasteiger partial charge in [-0.15, -0.1) is 0 Å². The highest BCUT2D eigenvalue weighted by molar-refractivity contribution is 5.97. The molecule has 8 heteroatoms. The highest BCUT2D eigenvalue weighted by Crippen LogP contribution is 2.26. The predicted octanol–water partition coefficient (Wildman–Crippen LogP) is 1.04. The van der Waals surface area contributed by atoms with E-state index in [4.69, 9.17) is 16.9 Å².